The third-order valence-corrected chi connectivity index (χ3v) is 4.34. The van der Waals surface area contributed by atoms with Gasteiger partial charge >= 0.3 is 0 Å². The molecule has 0 saturated carbocycles. The largest absolute Gasteiger partial charge is 0.476 e. The van der Waals surface area contributed by atoms with Crippen molar-refractivity contribution in [1.29, 1.82) is 0 Å². The number of anilines is 1. The number of piperidine rings is 1. The summed E-state index contributed by atoms with van der Waals surface area (Å²) >= 11 is 0. The molecule has 2 aromatic heterocycles. The molecule has 0 spiro atoms. The van der Waals surface area contributed by atoms with Crippen LogP contribution in [0.25, 0.3) is 0 Å². The minimum atomic E-state index is -0.852. The van der Waals surface area contributed by atoms with Crippen LogP contribution in [0.3, 0.4) is 0 Å². The van der Waals surface area contributed by atoms with E-state index < -0.39 is 5.60 Å². The number of nitrogens with zero attached hydrogens (tertiary/aromatic N) is 6. The van der Waals surface area contributed by atoms with Crippen molar-refractivity contribution in [3.63, 3.8) is 0 Å². The van der Waals surface area contributed by atoms with Crippen molar-refractivity contribution in [2.75, 3.05) is 24.6 Å². The van der Waals surface area contributed by atoms with Gasteiger partial charge in [-0.15, -0.1) is 10.2 Å². The van der Waals surface area contributed by atoms with E-state index in [-0.39, 0.29) is 0 Å². The summed E-state index contributed by atoms with van der Waals surface area (Å²) in [6.45, 7) is 6.11. The molecular weight excluding hydrogens is 320 g/mol. The van der Waals surface area contributed by atoms with Gasteiger partial charge in [-0.1, -0.05) is 13.8 Å². The highest BCUT2D eigenvalue weighted by molar-refractivity contribution is 5.39. The number of rotatable bonds is 6. The number of aliphatic hydroxyl groups is 1. The summed E-state index contributed by atoms with van der Waals surface area (Å²) in [4.78, 5) is 10.8. The predicted molar refractivity (Wildman–Crippen MR) is 93.5 cm³/mol. The fourth-order valence-electron chi connectivity index (χ4n) is 3.03. The van der Waals surface area contributed by atoms with Crippen LogP contribution in [-0.2, 0) is 13.5 Å². The van der Waals surface area contributed by atoms with E-state index in [4.69, 9.17) is 4.74 Å². The Balaban J connectivity index is 1.70. The Kier molecular flexibility index (Phi) is 5.17. The molecule has 1 aliphatic heterocycles. The van der Waals surface area contributed by atoms with Crippen LogP contribution in [0.1, 0.15) is 32.5 Å². The maximum Gasteiger partial charge on any atom is 0.234 e. The van der Waals surface area contributed by atoms with Crippen LogP contribution in [0.5, 0.6) is 5.88 Å². The lowest BCUT2D eigenvalue weighted by atomic mass is 9.89. The van der Waals surface area contributed by atoms with Crippen molar-refractivity contribution in [3.8, 4) is 5.88 Å². The maximum absolute atomic E-state index is 11.0. The molecule has 1 unspecified atom stereocenters. The molecule has 1 saturated heterocycles. The smallest absolute Gasteiger partial charge is 0.234 e. The molecule has 0 bridgehead atoms. The lowest BCUT2D eigenvalue weighted by molar-refractivity contribution is 0.0235. The quantitative estimate of drug-likeness (QED) is 0.841. The first-order valence-electron chi connectivity index (χ1n) is 8.70. The summed E-state index contributed by atoms with van der Waals surface area (Å²) in [5, 5.41) is 19.0. The molecule has 3 heterocycles. The van der Waals surface area contributed by atoms with E-state index in [2.05, 4.69) is 38.9 Å². The van der Waals surface area contributed by atoms with Gasteiger partial charge in [0.05, 0.1) is 24.6 Å². The standard InChI is InChI=1S/C17H26N6O2/c1-13(2)10-25-16-9-18-8-15(20-16)23-6-4-5-17(24,11-23)7-14-21-19-12-22(14)3/h8-9,12-13,24H,4-7,10-11H2,1-3H3. The van der Waals surface area contributed by atoms with E-state index in [9.17, 15) is 5.11 Å². The van der Waals surface area contributed by atoms with Crippen LogP contribution in [0.15, 0.2) is 18.7 Å². The molecule has 8 heteroatoms. The second-order valence-corrected chi connectivity index (χ2v) is 7.20. The third kappa shape index (κ3) is 4.45. The van der Waals surface area contributed by atoms with Crippen LogP contribution in [0, 0.1) is 5.92 Å². The van der Waals surface area contributed by atoms with Crippen LogP contribution in [0.2, 0.25) is 0 Å². The van der Waals surface area contributed by atoms with E-state index in [1.54, 1.807) is 18.7 Å². The van der Waals surface area contributed by atoms with Crippen LogP contribution < -0.4 is 9.64 Å². The van der Waals surface area contributed by atoms with Gasteiger partial charge in [-0.3, -0.25) is 4.98 Å². The van der Waals surface area contributed by atoms with Gasteiger partial charge in [0.15, 0.2) is 5.82 Å². The summed E-state index contributed by atoms with van der Waals surface area (Å²) in [5.41, 5.74) is -0.852. The Morgan fingerprint density at radius 1 is 1.36 bits per heavy atom. The van der Waals surface area contributed by atoms with Gasteiger partial charge in [0.2, 0.25) is 5.88 Å². The zero-order chi connectivity index (χ0) is 17.9. The normalized spacial score (nSPS) is 20.9. The number of β-amino-alcohol motifs (C(OH)–C–C–N with tert-alkyl or cyclic N) is 1. The lowest BCUT2D eigenvalue weighted by Crippen LogP contribution is -2.50. The van der Waals surface area contributed by atoms with Crippen LogP contribution >= 0.6 is 0 Å². The molecule has 0 aliphatic carbocycles. The number of aryl methyl sites for hydroxylation is 1. The Hall–Kier alpha value is -2.22. The second-order valence-electron chi connectivity index (χ2n) is 7.20. The zero-order valence-corrected chi connectivity index (χ0v) is 15.1. The molecule has 0 aromatic carbocycles. The Bertz CT molecular complexity index is 704. The molecular formula is C17H26N6O2. The minimum absolute atomic E-state index is 0.428. The summed E-state index contributed by atoms with van der Waals surface area (Å²) in [5.74, 6) is 2.47. The highest BCUT2D eigenvalue weighted by Gasteiger charge is 2.35. The van der Waals surface area contributed by atoms with Gasteiger partial charge in [0.25, 0.3) is 0 Å². The van der Waals surface area contributed by atoms with Crippen molar-refractivity contribution in [2.24, 2.45) is 13.0 Å². The summed E-state index contributed by atoms with van der Waals surface area (Å²) in [6.07, 6.45) is 7.08. The highest BCUT2D eigenvalue weighted by Crippen LogP contribution is 2.28. The molecule has 1 N–H and O–H groups in total. The van der Waals surface area contributed by atoms with Gasteiger partial charge in [0.1, 0.15) is 12.2 Å². The van der Waals surface area contributed by atoms with Gasteiger partial charge in [0, 0.05) is 26.6 Å². The zero-order valence-electron chi connectivity index (χ0n) is 15.1. The topological polar surface area (TPSA) is 89.2 Å². The minimum Gasteiger partial charge on any atom is -0.476 e. The predicted octanol–water partition coefficient (Wildman–Crippen LogP) is 1.21. The number of hydrogen-bond acceptors (Lipinski definition) is 7. The Morgan fingerprint density at radius 3 is 2.92 bits per heavy atom. The lowest BCUT2D eigenvalue weighted by Gasteiger charge is -2.39. The Morgan fingerprint density at radius 2 is 2.20 bits per heavy atom. The fourth-order valence-corrected chi connectivity index (χ4v) is 3.03. The van der Waals surface area contributed by atoms with Crippen molar-refractivity contribution in [2.45, 2.75) is 38.7 Å². The number of aromatic nitrogens is 5. The van der Waals surface area contributed by atoms with Crippen molar-refractivity contribution < 1.29 is 9.84 Å². The molecule has 3 rings (SSSR count). The van der Waals surface area contributed by atoms with E-state index in [0.717, 1.165) is 31.0 Å². The first kappa shape index (κ1) is 17.6. The fraction of sp³-hybridized carbons (Fsp3) is 0.647. The molecule has 0 amide bonds. The average Bonchev–Trinajstić information content (AvgIpc) is 2.97. The average molecular weight is 346 g/mol. The third-order valence-electron chi connectivity index (χ3n) is 4.34. The van der Waals surface area contributed by atoms with Crippen LogP contribution in [-0.4, -0.2) is 55.1 Å². The molecule has 2 aromatic rings. The summed E-state index contributed by atoms with van der Waals surface area (Å²) < 4.78 is 7.51. The number of hydrogen-bond donors (Lipinski definition) is 1. The molecule has 1 atom stereocenters. The molecule has 25 heavy (non-hydrogen) atoms. The monoisotopic (exact) mass is 346 g/mol. The highest BCUT2D eigenvalue weighted by atomic mass is 16.5. The van der Waals surface area contributed by atoms with E-state index in [0.29, 0.717) is 31.4 Å². The van der Waals surface area contributed by atoms with E-state index in [1.165, 1.54) is 0 Å². The van der Waals surface area contributed by atoms with Crippen molar-refractivity contribution in [1.82, 2.24) is 24.7 Å². The molecule has 8 nitrogen and oxygen atoms in total. The summed E-state index contributed by atoms with van der Waals surface area (Å²) in [7, 11) is 1.89. The SMILES string of the molecule is CC(C)COc1cncc(N2CCCC(O)(Cc3nncn3C)C2)n1. The maximum atomic E-state index is 11.0. The van der Waals surface area contributed by atoms with Gasteiger partial charge in [-0.05, 0) is 18.8 Å². The first-order chi connectivity index (χ1) is 12.0. The first-order valence-corrected chi connectivity index (χ1v) is 8.70. The summed E-state index contributed by atoms with van der Waals surface area (Å²) in [6, 6.07) is 0. The number of ether oxygens (including phenoxy) is 1. The molecule has 1 fully saturated rings. The molecule has 136 valence electrons. The van der Waals surface area contributed by atoms with Crippen molar-refractivity contribution in [3.05, 3.63) is 24.5 Å². The van der Waals surface area contributed by atoms with Gasteiger partial charge in [-0.2, -0.15) is 4.98 Å². The van der Waals surface area contributed by atoms with Crippen LogP contribution in [0.4, 0.5) is 5.82 Å². The Labute approximate surface area is 147 Å². The van der Waals surface area contributed by atoms with Crippen molar-refractivity contribution >= 4 is 5.82 Å². The second kappa shape index (κ2) is 7.35. The molecule has 0 radical (unpaired) electrons. The van der Waals surface area contributed by atoms with E-state index in [1.807, 2.05) is 11.6 Å². The molecule has 1 aliphatic rings. The van der Waals surface area contributed by atoms with Gasteiger partial charge < -0.3 is 19.3 Å². The van der Waals surface area contributed by atoms with Gasteiger partial charge in [-0.25, -0.2) is 0 Å². The van der Waals surface area contributed by atoms with E-state index >= 15 is 0 Å².